The molecule has 0 bridgehead atoms. The van der Waals surface area contributed by atoms with Crippen molar-refractivity contribution in [1.29, 1.82) is 0 Å². The van der Waals surface area contributed by atoms with E-state index in [1.165, 1.54) is 19.3 Å². The molecule has 0 saturated carbocycles. The van der Waals surface area contributed by atoms with E-state index in [9.17, 15) is 0 Å². The number of hydrogen-bond donors (Lipinski definition) is 1. The van der Waals surface area contributed by atoms with Gasteiger partial charge in [-0.3, -0.25) is 0 Å². The van der Waals surface area contributed by atoms with E-state index in [-0.39, 0.29) is 0 Å². The second-order valence-electron chi connectivity index (χ2n) is 4.12. The summed E-state index contributed by atoms with van der Waals surface area (Å²) in [5.41, 5.74) is 0. The molecule has 1 aromatic rings. The summed E-state index contributed by atoms with van der Waals surface area (Å²) in [5, 5.41) is 3.43. The van der Waals surface area contributed by atoms with Crippen LogP contribution in [0.15, 0.2) is 12.4 Å². The Balaban J connectivity index is 2.19. The van der Waals surface area contributed by atoms with Gasteiger partial charge in [0.15, 0.2) is 0 Å². The van der Waals surface area contributed by atoms with E-state index in [2.05, 4.69) is 41.8 Å². The van der Waals surface area contributed by atoms with Crippen molar-refractivity contribution in [2.75, 3.05) is 13.1 Å². The van der Waals surface area contributed by atoms with Crippen molar-refractivity contribution in [1.82, 2.24) is 14.9 Å². The third-order valence-electron chi connectivity index (χ3n) is 2.74. The molecule has 15 heavy (non-hydrogen) atoms. The summed E-state index contributed by atoms with van der Waals surface area (Å²) in [5.74, 6) is 1.11. The van der Waals surface area contributed by atoms with Crippen molar-refractivity contribution in [3.63, 3.8) is 0 Å². The molecule has 1 rings (SSSR count). The van der Waals surface area contributed by atoms with Crippen molar-refractivity contribution < 1.29 is 0 Å². The van der Waals surface area contributed by atoms with Gasteiger partial charge in [0.2, 0.25) is 0 Å². The van der Waals surface area contributed by atoms with E-state index in [0.717, 1.165) is 18.9 Å². The van der Waals surface area contributed by atoms with Gasteiger partial charge >= 0.3 is 0 Å². The van der Waals surface area contributed by atoms with Crippen LogP contribution in [0.1, 0.15) is 45.0 Å². The zero-order chi connectivity index (χ0) is 11.1. The molecule has 3 heteroatoms. The Labute approximate surface area is 92.9 Å². The van der Waals surface area contributed by atoms with Gasteiger partial charge in [0, 0.05) is 18.4 Å². The van der Waals surface area contributed by atoms with Gasteiger partial charge in [0.25, 0.3) is 0 Å². The molecule has 0 spiro atoms. The Bertz CT molecular complexity index is 268. The molecule has 3 nitrogen and oxygen atoms in total. The number of nitrogens with one attached hydrogen (secondary N) is 1. The van der Waals surface area contributed by atoms with Gasteiger partial charge in [-0.15, -0.1) is 0 Å². The molecule has 0 aliphatic heterocycles. The molecule has 1 atom stereocenters. The van der Waals surface area contributed by atoms with Crippen molar-refractivity contribution in [3.05, 3.63) is 18.2 Å². The Morgan fingerprint density at radius 1 is 1.47 bits per heavy atom. The fourth-order valence-corrected chi connectivity index (χ4v) is 1.82. The molecule has 1 heterocycles. The first kappa shape index (κ1) is 12.2. The predicted octanol–water partition coefficient (Wildman–Crippen LogP) is 2.53. The minimum atomic E-state index is 0.566. The lowest BCUT2D eigenvalue weighted by Crippen LogP contribution is -2.17. The van der Waals surface area contributed by atoms with Gasteiger partial charge in [0.05, 0.1) is 0 Å². The third kappa shape index (κ3) is 4.04. The number of hydrogen-bond acceptors (Lipinski definition) is 2. The smallest absolute Gasteiger partial charge is 0.105 e. The molecule has 1 unspecified atom stereocenters. The SMILES string of the molecule is CCCNCCCC(C)n1ccnc1C. The van der Waals surface area contributed by atoms with Gasteiger partial charge in [-0.2, -0.15) is 0 Å². The van der Waals surface area contributed by atoms with E-state index >= 15 is 0 Å². The van der Waals surface area contributed by atoms with Gasteiger partial charge in [0.1, 0.15) is 5.82 Å². The zero-order valence-corrected chi connectivity index (χ0v) is 10.2. The summed E-state index contributed by atoms with van der Waals surface area (Å²) in [4.78, 5) is 4.24. The summed E-state index contributed by atoms with van der Waals surface area (Å²) >= 11 is 0. The van der Waals surface area contributed by atoms with Crippen LogP contribution in [-0.2, 0) is 0 Å². The second kappa shape index (κ2) is 6.62. The van der Waals surface area contributed by atoms with Crippen LogP contribution in [0.5, 0.6) is 0 Å². The van der Waals surface area contributed by atoms with E-state index in [1.54, 1.807) is 0 Å². The lowest BCUT2D eigenvalue weighted by Gasteiger charge is -2.14. The minimum Gasteiger partial charge on any atom is -0.332 e. The molecular weight excluding hydrogens is 186 g/mol. The van der Waals surface area contributed by atoms with Gasteiger partial charge in [-0.25, -0.2) is 4.98 Å². The normalized spacial score (nSPS) is 13.0. The first-order valence-corrected chi connectivity index (χ1v) is 5.95. The Morgan fingerprint density at radius 3 is 2.87 bits per heavy atom. The van der Waals surface area contributed by atoms with Crippen molar-refractivity contribution in [2.45, 2.75) is 46.1 Å². The topological polar surface area (TPSA) is 29.9 Å². The number of aromatic nitrogens is 2. The molecule has 1 aromatic heterocycles. The highest BCUT2D eigenvalue weighted by Gasteiger charge is 2.05. The fourth-order valence-electron chi connectivity index (χ4n) is 1.82. The second-order valence-corrected chi connectivity index (χ2v) is 4.12. The summed E-state index contributed by atoms with van der Waals surface area (Å²) in [6.07, 6.45) is 7.61. The maximum absolute atomic E-state index is 4.24. The molecule has 0 aliphatic carbocycles. The molecule has 0 radical (unpaired) electrons. The number of aryl methyl sites for hydroxylation is 1. The average Bonchev–Trinajstić information content (AvgIpc) is 2.64. The first-order chi connectivity index (χ1) is 7.25. The maximum Gasteiger partial charge on any atom is 0.105 e. The molecule has 0 fully saturated rings. The standard InChI is InChI=1S/C12H23N3/c1-4-7-13-8-5-6-11(2)15-10-9-14-12(15)3/h9-11,13H,4-8H2,1-3H3. The molecule has 0 aliphatic rings. The quantitative estimate of drug-likeness (QED) is 0.699. The van der Waals surface area contributed by atoms with Crippen LogP contribution in [0.2, 0.25) is 0 Å². The summed E-state index contributed by atoms with van der Waals surface area (Å²) in [6, 6.07) is 0.566. The molecule has 86 valence electrons. The van der Waals surface area contributed by atoms with Crippen LogP contribution in [-0.4, -0.2) is 22.6 Å². The molecule has 0 saturated heterocycles. The van der Waals surface area contributed by atoms with Crippen LogP contribution in [0.25, 0.3) is 0 Å². The van der Waals surface area contributed by atoms with Crippen LogP contribution < -0.4 is 5.32 Å². The summed E-state index contributed by atoms with van der Waals surface area (Å²) in [6.45, 7) is 8.79. The Morgan fingerprint density at radius 2 is 2.27 bits per heavy atom. The summed E-state index contributed by atoms with van der Waals surface area (Å²) < 4.78 is 2.25. The number of nitrogens with zero attached hydrogens (tertiary/aromatic N) is 2. The molecular formula is C12H23N3. The van der Waals surface area contributed by atoms with E-state index in [1.807, 2.05) is 6.20 Å². The highest BCUT2D eigenvalue weighted by Crippen LogP contribution is 2.13. The van der Waals surface area contributed by atoms with Crippen molar-refractivity contribution in [2.24, 2.45) is 0 Å². The predicted molar refractivity (Wildman–Crippen MR) is 64.1 cm³/mol. The monoisotopic (exact) mass is 209 g/mol. The third-order valence-corrected chi connectivity index (χ3v) is 2.74. The molecule has 0 aromatic carbocycles. The molecule has 1 N–H and O–H groups in total. The largest absolute Gasteiger partial charge is 0.332 e. The number of rotatable bonds is 7. The van der Waals surface area contributed by atoms with Gasteiger partial charge in [-0.05, 0) is 46.2 Å². The van der Waals surface area contributed by atoms with E-state index in [4.69, 9.17) is 0 Å². The lowest BCUT2D eigenvalue weighted by molar-refractivity contribution is 0.468. The van der Waals surface area contributed by atoms with E-state index < -0.39 is 0 Å². The Kier molecular flexibility index (Phi) is 5.40. The average molecular weight is 209 g/mol. The van der Waals surface area contributed by atoms with Gasteiger partial charge in [-0.1, -0.05) is 6.92 Å². The van der Waals surface area contributed by atoms with Crippen LogP contribution in [0.4, 0.5) is 0 Å². The highest BCUT2D eigenvalue weighted by atomic mass is 15.1. The van der Waals surface area contributed by atoms with Crippen molar-refractivity contribution >= 4 is 0 Å². The van der Waals surface area contributed by atoms with Crippen LogP contribution >= 0.6 is 0 Å². The van der Waals surface area contributed by atoms with Crippen LogP contribution in [0.3, 0.4) is 0 Å². The zero-order valence-electron chi connectivity index (χ0n) is 10.2. The Hall–Kier alpha value is -0.830. The first-order valence-electron chi connectivity index (χ1n) is 5.95. The maximum atomic E-state index is 4.24. The van der Waals surface area contributed by atoms with E-state index in [0.29, 0.717) is 6.04 Å². The fraction of sp³-hybridized carbons (Fsp3) is 0.750. The minimum absolute atomic E-state index is 0.566. The van der Waals surface area contributed by atoms with Crippen LogP contribution in [0, 0.1) is 6.92 Å². The molecule has 0 amide bonds. The van der Waals surface area contributed by atoms with Gasteiger partial charge < -0.3 is 9.88 Å². The van der Waals surface area contributed by atoms with Crippen molar-refractivity contribution in [3.8, 4) is 0 Å². The number of imidazole rings is 1. The summed E-state index contributed by atoms with van der Waals surface area (Å²) in [7, 11) is 0. The highest BCUT2D eigenvalue weighted by molar-refractivity contribution is 4.91. The lowest BCUT2D eigenvalue weighted by atomic mass is 10.2.